The van der Waals surface area contributed by atoms with Crippen molar-refractivity contribution < 1.29 is 103 Å². The molecule has 0 rings (SSSR count). The summed E-state index contributed by atoms with van der Waals surface area (Å²) in [7, 11) is -5.39. The first kappa shape index (κ1) is 17.5. The van der Waals surface area contributed by atoms with Gasteiger partial charge in [-0.1, -0.05) is 0 Å². The summed E-state index contributed by atoms with van der Waals surface area (Å²) >= 11 is -2.51. The first-order valence-electron chi connectivity index (χ1n) is 1.14. The number of rotatable bonds is 0. The molecule has 0 aliphatic heterocycles. The first-order valence-corrected chi connectivity index (χ1v) is 6.00. The van der Waals surface area contributed by atoms with Crippen LogP contribution in [0.15, 0.2) is 0 Å². The van der Waals surface area contributed by atoms with Gasteiger partial charge in [0.25, 0.3) is 0 Å². The van der Waals surface area contributed by atoms with Crippen LogP contribution in [-0.4, -0.2) is 0 Å². The second-order valence-electron chi connectivity index (χ2n) is 0.531. The van der Waals surface area contributed by atoms with Gasteiger partial charge in [0.15, 0.2) is 0 Å². The van der Waals surface area contributed by atoms with E-state index in [0.29, 0.717) is 0 Å². The van der Waals surface area contributed by atoms with Crippen molar-refractivity contribution in [2.45, 2.75) is 0 Å². The molecular formula is KO6PU. The van der Waals surface area contributed by atoms with E-state index >= 15 is 0 Å². The van der Waals surface area contributed by atoms with Gasteiger partial charge in [-0.15, -0.1) is 0 Å². The molecule has 0 saturated heterocycles. The molecule has 9 heteroatoms. The predicted octanol–water partition coefficient (Wildman–Crippen LogP) is -6.06. The zero-order valence-electron chi connectivity index (χ0n) is 4.40. The van der Waals surface area contributed by atoms with Crippen molar-refractivity contribution in [3.63, 3.8) is 0 Å². The molecule has 0 bridgehead atoms. The molecule has 0 spiro atoms. The van der Waals surface area contributed by atoms with E-state index in [1.807, 2.05) is 0 Å². The monoisotopic (exact) mass is 404 g/mol. The first-order chi connectivity index (χ1) is 3.41. The van der Waals surface area contributed by atoms with E-state index in [1.165, 1.54) is 0 Å². The average molecular weight is 404 g/mol. The van der Waals surface area contributed by atoms with E-state index in [0.717, 1.165) is 0 Å². The van der Waals surface area contributed by atoms with Gasteiger partial charge in [-0.25, -0.2) is 0 Å². The van der Waals surface area contributed by atoms with E-state index in [4.69, 9.17) is 23.7 Å². The van der Waals surface area contributed by atoms with E-state index < -0.39 is 35.6 Å². The van der Waals surface area contributed by atoms with Crippen LogP contribution < -0.4 is 66.1 Å². The van der Waals surface area contributed by atoms with Crippen molar-refractivity contribution in [2.75, 3.05) is 0 Å². The Morgan fingerprint density at radius 3 is 1.11 bits per heavy atom. The average Bonchev–Trinajstić information content (AvgIpc) is 1.27. The van der Waals surface area contributed by atoms with Crippen LogP contribution >= 0.6 is 7.82 Å². The number of hydrogen-bond donors (Lipinski definition) is 0. The molecule has 46 valence electrons. The van der Waals surface area contributed by atoms with Gasteiger partial charge in [0, 0.05) is 0 Å². The van der Waals surface area contributed by atoms with Gasteiger partial charge in [0.05, 0.1) is 0 Å². The third-order valence-electron chi connectivity index (χ3n) is 0. The Morgan fingerprint density at radius 1 is 1.11 bits per heavy atom. The third kappa shape index (κ3) is 128. The maximum atomic E-state index is 8.58. The molecule has 0 aromatic heterocycles. The second-order valence-corrected chi connectivity index (χ2v) is 2.12. The van der Waals surface area contributed by atoms with Gasteiger partial charge >= 0.3 is 83.7 Å². The van der Waals surface area contributed by atoms with Crippen molar-refractivity contribution >= 4 is 7.82 Å². The fraction of sp³-hybridized carbons (Fsp3) is 0. The van der Waals surface area contributed by atoms with Crippen LogP contribution in [0.1, 0.15) is 0 Å². The summed E-state index contributed by atoms with van der Waals surface area (Å²) in [6, 6.07) is 0. The number of hydrogen-bond acceptors (Lipinski definition) is 6. The summed E-state index contributed by atoms with van der Waals surface area (Å²) in [4.78, 5) is 25.6. The van der Waals surface area contributed by atoms with E-state index in [9.17, 15) is 0 Å². The van der Waals surface area contributed by atoms with Gasteiger partial charge in [-0.3, -0.25) is 0 Å². The summed E-state index contributed by atoms with van der Waals surface area (Å²) in [6.45, 7) is 0. The summed E-state index contributed by atoms with van der Waals surface area (Å²) in [5.74, 6) is 0. The molecule has 0 aromatic carbocycles. The normalized spacial score (nSPS) is 7.44. The SMILES string of the molecule is O=P([O-])([O-])[O-].[K+].[O]=[U+2]=[O]. The van der Waals surface area contributed by atoms with E-state index in [-0.39, 0.29) is 51.4 Å². The Labute approximate surface area is 108 Å². The van der Waals surface area contributed by atoms with Gasteiger partial charge in [-0.05, 0) is 0 Å². The van der Waals surface area contributed by atoms with Gasteiger partial charge < -0.3 is 19.2 Å². The van der Waals surface area contributed by atoms with Crippen LogP contribution in [0.3, 0.4) is 0 Å². The molecule has 0 saturated carbocycles. The zero-order chi connectivity index (χ0) is 7.21. The minimum atomic E-state index is -5.39. The molecule has 0 unspecified atom stereocenters. The van der Waals surface area contributed by atoms with Crippen LogP contribution in [0, 0.1) is 27.8 Å². The summed E-state index contributed by atoms with van der Waals surface area (Å²) < 4.78 is 25.7. The Kier molecular flexibility index (Phi) is 20.2. The minimum absolute atomic E-state index is 0. The summed E-state index contributed by atoms with van der Waals surface area (Å²) in [5.41, 5.74) is 0. The molecule has 6 nitrogen and oxygen atoms in total. The van der Waals surface area contributed by atoms with E-state index in [1.54, 1.807) is 0 Å². The fourth-order valence-electron chi connectivity index (χ4n) is 0. The van der Waals surface area contributed by atoms with Crippen molar-refractivity contribution in [3.8, 4) is 0 Å². The van der Waals surface area contributed by atoms with Gasteiger partial charge in [-0.2, -0.15) is 7.82 Å². The quantitative estimate of drug-likeness (QED) is 0.293. The van der Waals surface area contributed by atoms with Crippen LogP contribution in [0.25, 0.3) is 0 Å². The molecule has 9 heavy (non-hydrogen) atoms. The zero-order valence-corrected chi connectivity index (χ0v) is 12.6. The molecule has 0 amide bonds. The topological polar surface area (TPSA) is 120 Å². The van der Waals surface area contributed by atoms with Crippen molar-refractivity contribution in [1.29, 1.82) is 0 Å². The molecule has 0 heterocycles. The molecule has 0 N–H and O–H groups in total. The van der Waals surface area contributed by atoms with Crippen LogP contribution in [0.2, 0.25) is 0 Å². The molecular weight excluding hydrogens is 404 g/mol. The Morgan fingerprint density at radius 2 is 1.11 bits per heavy atom. The van der Waals surface area contributed by atoms with Crippen LogP contribution in [0.4, 0.5) is 0 Å². The predicted molar refractivity (Wildman–Crippen MR) is 8.98 cm³/mol. The summed E-state index contributed by atoms with van der Waals surface area (Å²) in [5, 5.41) is 0. The maximum absolute atomic E-state index is 8.58. The standard InChI is InChI=1S/K.H3O4P.2O.U/c;1-5(2,3)4;;;/h;(H3,1,2,3,4);;;/q+1;;;;+2/p-3. The Bertz CT molecular complexity index is 111. The number of phosphoric acid groups is 1. The fourth-order valence-corrected chi connectivity index (χ4v) is 0. The van der Waals surface area contributed by atoms with Crippen molar-refractivity contribution in [1.82, 2.24) is 0 Å². The molecule has 0 radical (unpaired) electrons. The molecule has 0 aliphatic rings. The molecule has 0 aliphatic carbocycles. The van der Waals surface area contributed by atoms with Gasteiger partial charge in [0.2, 0.25) is 0 Å². The van der Waals surface area contributed by atoms with Crippen LogP contribution in [0.5, 0.6) is 0 Å². The van der Waals surface area contributed by atoms with Crippen molar-refractivity contribution in [2.24, 2.45) is 0 Å². The molecule has 0 aromatic rings. The third-order valence-corrected chi connectivity index (χ3v) is 0. The Balaban J connectivity index is -0.0000000800. The van der Waals surface area contributed by atoms with Gasteiger partial charge in [0.1, 0.15) is 0 Å². The molecule has 0 fully saturated rings. The Hall–Kier alpha value is 2.40. The molecule has 0 atom stereocenters. The van der Waals surface area contributed by atoms with E-state index in [2.05, 4.69) is 0 Å². The second kappa shape index (κ2) is 10.4. The van der Waals surface area contributed by atoms with Crippen molar-refractivity contribution in [3.05, 3.63) is 0 Å². The van der Waals surface area contributed by atoms with Crippen LogP contribution in [-0.2, 0) is 9.04 Å². The summed E-state index contributed by atoms with van der Waals surface area (Å²) in [6.07, 6.45) is 0.